The van der Waals surface area contributed by atoms with Gasteiger partial charge in [0.25, 0.3) is 0 Å². The Morgan fingerprint density at radius 2 is 1.82 bits per heavy atom. The summed E-state index contributed by atoms with van der Waals surface area (Å²) in [5, 5.41) is 56.3. The number of aliphatic hydroxyl groups is 4. The lowest BCUT2D eigenvalue weighted by atomic mass is 9.72. The second-order valence-corrected chi connectivity index (χ2v) is 10.7. The van der Waals surface area contributed by atoms with E-state index in [4.69, 9.17) is 30.9 Å². The molecule has 5 N–H and O–H groups in total. The summed E-state index contributed by atoms with van der Waals surface area (Å²) in [5.41, 5.74) is -1.42. The van der Waals surface area contributed by atoms with Crippen molar-refractivity contribution in [3.8, 4) is 0 Å². The third-order valence-electron chi connectivity index (χ3n) is 6.87. The van der Waals surface area contributed by atoms with Crippen LogP contribution in [0.15, 0.2) is 36.9 Å². The first kappa shape index (κ1) is 30.9. The van der Waals surface area contributed by atoms with Crippen molar-refractivity contribution in [1.29, 1.82) is 0 Å². The number of aliphatic carboxylic acids is 1. The summed E-state index contributed by atoms with van der Waals surface area (Å²) < 4.78 is 17.7. The molecule has 0 bridgehead atoms. The standard InChI is InChI=1S/C25H34ClN3O10/c1-24(2,25(36,11-29-14-27-13-28-29)8-7-15-3-5-16(26)6-4-15)12-38-23-22(35)21(34)20(33)17(39-23)10-37-19(32)9-18(30)31/h3-6,13-14,17,20-23,33-36H,7-12H2,1-2H3,(H,30,31)/t17-,20-,21+,22-,23-,25?/m1/s1. The van der Waals surface area contributed by atoms with Gasteiger partial charge in [-0.3, -0.25) is 14.3 Å². The van der Waals surface area contributed by atoms with Crippen LogP contribution in [0, 0.1) is 5.41 Å². The van der Waals surface area contributed by atoms with E-state index in [0.29, 0.717) is 17.9 Å². The highest BCUT2D eigenvalue weighted by molar-refractivity contribution is 6.30. The van der Waals surface area contributed by atoms with Gasteiger partial charge in [0.2, 0.25) is 0 Å². The molecule has 1 unspecified atom stereocenters. The maximum absolute atomic E-state index is 11.9. The van der Waals surface area contributed by atoms with Gasteiger partial charge in [0.1, 0.15) is 50.1 Å². The highest BCUT2D eigenvalue weighted by atomic mass is 35.5. The summed E-state index contributed by atoms with van der Waals surface area (Å²) >= 11 is 5.98. The van der Waals surface area contributed by atoms with Crippen LogP contribution in [0.25, 0.3) is 0 Å². The lowest BCUT2D eigenvalue weighted by Crippen LogP contribution is -2.60. The number of carbonyl (C=O) groups is 2. The first-order chi connectivity index (χ1) is 18.3. The van der Waals surface area contributed by atoms with E-state index in [1.54, 1.807) is 26.0 Å². The molecule has 1 saturated heterocycles. The van der Waals surface area contributed by atoms with Crippen molar-refractivity contribution in [1.82, 2.24) is 14.8 Å². The number of ether oxygens (including phenoxy) is 3. The fourth-order valence-corrected chi connectivity index (χ4v) is 4.31. The molecule has 0 saturated carbocycles. The van der Waals surface area contributed by atoms with E-state index >= 15 is 0 Å². The maximum Gasteiger partial charge on any atom is 0.317 e. The Morgan fingerprint density at radius 1 is 1.13 bits per heavy atom. The average molecular weight is 572 g/mol. The number of hydrogen-bond donors (Lipinski definition) is 5. The predicted octanol–water partition coefficient (Wildman–Crippen LogP) is 0.164. The number of benzene rings is 1. The Hall–Kier alpha value is -2.65. The van der Waals surface area contributed by atoms with Crippen molar-refractivity contribution >= 4 is 23.5 Å². The molecule has 0 spiro atoms. The van der Waals surface area contributed by atoms with Gasteiger partial charge in [0, 0.05) is 10.4 Å². The second kappa shape index (κ2) is 13.1. The zero-order chi connectivity index (χ0) is 28.8. The Bertz CT molecular complexity index is 1080. The van der Waals surface area contributed by atoms with Crippen LogP contribution in [0.2, 0.25) is 5.02 Å². The number of aromatic nitrogens is 3. The van der Waals surface area contributed by atoms with Gasteiger partial charge in [-0.05, 0) is 30.5 Å². The van der Waals surface area contributed by atoms with E-state index in [1.165, 1.54) is 17.3 Å². The van der Waals surface area contributed by atoms with Gasteiger partial charge in [-0.2, -0.15) is 5.10 Å². The Kier molecular flexibility index (Phi) is 10.4. The summed E-state index contributed by atoms with van der Waals surface area (Å²) in [5.74, 6) is -2.45. The number of carboxylic acid groups (broad SMARTS) is 1. The van der Waals surface area contributed by atoms with Crippen molar-refractivity contribution in [3.05, 3.63) is 47.5 Å². The van der Waals surface area contributed by atoms with Crippen LogP contribution in [-0.4, -0.2) is 102 Å². The molecular weight excluding hydrogens is 538 g/mol. The quantitative estimate of drug-likeness (QED) is 0.162. The predicted molar refractivity (Wildman–Crippen MR) is 134 cm³/mol. The third kappa shape index (κ3) is 8.18. The second-order valence-electron chi connectivity index (χ2n) is 10.2. The number of aliphatic hydroxyl groups excluding tert-OH is 3. The van der Waals surface area contributed by atoms with Crippen LogP contribution in [0.5, 0.6) is 0 Å². The molecule has 1 aliphatic heterocycles. The lowest BCUT2D eigenvalue weighted by Gasteiger charge is -2.45. The van der Waals surface area contributed by atoms with Crippen LogP contribution >= 0.6 is 11.6 Å². The molecule has 0 aliphatic carbocycles. The largest absolute Gasteiger partial charge is 0.481 e. The van der Waals surface area contributed by atoms with Crippen LogP contribution in [-0.2, 0) is 36.8 Å². The van der Waals surface area contributed by atoms with Crippen molar-refractivity contribution in [2.45, 2.75) is 76.0 Å². The van der Waals surface area contributed by atoms with Crippen molar-refractivity contribution in [3.63, 3.8) is 0 Å². The van der Waals surface area contributed by atoms with E-state index in [-0.39, 0.29) is 13.2 Å². The highest BCUT2D eigenvalue weighted by Crippen LogP contribution is 2.38. The molecule has 1 aromatic heterocycles. The van der Waals surface area contributed by atoms with Gasteiger partial charge in [-0.15, -0.1) is 0 Å². The van der Waals surface area contributed by atoms with Gasteiger partial charge < -0.3 is 39.7 Å². The maximum atomic E-state index is 11.9. The fourth-order valence-electron chi connectivity index (χ4n) is 4.18. The fraction of sp³-hybridized carbons (Fsp3) is 0.600. The summed E-state index contributed by atoms with van der Waals surface area (Å²) in [4.78, 5) is 26.2. The highest BCUT2D eigenvalue weighted by Gasteiger charge is 2.48. The molecule has 14 heteroatoms. The van der Waals surface area contributed by atoms with Crippen LogP contribution < -0.4 is 0 Å². The van der Waals surface area contributed by atoms with Gasteiger partial charge >= 0.3 is 11.9 Å². The number of halogens is 1. The molecule has 39 heavy (non-hydrogen) atoms. The molecule has 2 heterocycles. The van der Waals surface area contributed by atoms with Crippen molar-refractivity contribution < 1.29 is 49.3 Å². The number of hydrogen-bond acceptors (Lipinski definition) is 11. The molecule has 3 rings (SSSR count). The normalized spacial score (nSPS) is 25.2. The van der Waals surface area contributed by atoms with Gasteiger partial charge in [0.15, 0.2) is 6.29 Å². The third-order valence-corrected chi connectivity index (χ3v) is 7.12. The summed E-state index contributed by atoms with van der Waals surface area (Å²) in [6.45, 7) is 2.87. The molecule has 6 atom stereocenters. The minimum absolute atomic E-state index is 0.0779. The van der Waals surface area contributed by atoms with E-state index in [2.05, 4.69) is 10.1 Å². The first-order valence-electron chi connectivity index (χ1n) is 12.3. The summed E-state index contributed by atoms with van der Waals surface area (Å²) in [6.07, 6.45) is -4.99. The lowest BCUT2D eigenvalue weighted by molar-refractivity contribution is -0.310. The zero-order valence-corrected chi connectivity index (χ0v) is 22.3. The van der Waals surface area contributed by atoms with Crippen molar-refractivity contribution in [2.24, 2.45) is 5.41 Å². The van der Waals surface area contributed by atoms with Crippen LogP contribution in [0.1, 0.15) is 32.3 Å². The Labute approximate surface area is 229 Å². The SMILES string of the molecule is CC(C)(CO[C@@H]1O[C@H](COC(=O)CC(=O)O)[C@@H](O)[C@H](O)[C@H]1O)C(O)(CCc1ccc(Cl)cc1)Cn1cncn1. The Morgan fingerprint density at radius 3 is 2.44 bits per heavy atom. The van der Waals surface area contributed by atoms with Crippen molar-refractivity contribution in [2.75, 3.05) is 13.2 Å². The molecular formula is C25H34ClN3O10. The zero-order valence-electron chi connectivity index (χ0n) is 21.6. The van der Waals surface area contributed by atoms with E-state index in [0.717, 1.165) is 5.56 Å². The minimum atomic E-state index is -1.70. The van der Waals surface area contributed by atoms with Gasteiger partial charge in [0.05, 0.1) is 18.8 Å². The smallest absolute Gasteiger partial charge is 0.317 e. The number of esters is 1. The molecule has 0 radical (unpaired) electrons. The monoisotopic (exact) mass is 571 g/mol. The number of aryl methyl sites for hydroxylation is 1. The van der Waals surface area contributed by atoms with Gasteiger partial charge in [-0.1, -0.05) is 37.6 Å². The number of carbonyl (C=O) groups excluding carboxylic acids is 1. The average Bonchev–Trinajstić information content (AvgIpc) is 3.38. The minimum Gasteiger partial charge on any atom is -0.481 e. The van der Waals surface area contributed by atoms with E-state index in [9.17, 15) is 30.0 Å². The topological polar surface area (TPSA) is 194 Å². The molecule has 1 aromatic carbocycles. The van der Waals surface area contributed by atoms with Crippen LogP contribution in [0.3, 0.4) is 0 Å². The molecule has 216 valence electrons. The number of carboxylic acids is 1. The van der Waals surface area contributed by atoms with E-state index < -0.39 is 66.7 Å². The Balaban J connectivity index is 1.70. The number of rotatable bonds is 13. The molecule has 1 aliphatic rings. The number of nitrogens with zero attached hydrogens (tertiary/aromatic N) is 3. The first-order valence-corrected chi connectivity index (χ1v) is 12.7. The molecule has 2 aromatic rings. The molecule has 1 fully saturated rings. The van der Waals surface area contributed by atoms with E-state index in [1.807, 2.05) is 12.1 Å². The summed E-state index contributed by atoms with van der Waals surface area (Å²) in [6, 6.07) is 7.26. The summed E-state index contributed by atoms with van der Waals surface area (Å²) in [7, 11) is 0. The van der Waals surface area contributed by atoms with Crippen LogP contribution in [0.4, 0.5) is 0 Å². The molecule has 13 nitrogen and oxygen atoms in total. The molecule has 0 amide bonds. The van der Waals surface area contributed by atoms with Gasteiger partial charge in [-0.25, -0.2) is 4.98 Å².